The number of anilines is 8. The number of carbonyl (C=O) groups excluding carboxylic acids is 4. The highest BCUT2D eigenvalue weighted by atomic mass is 16.3. The van der Waals surface area contributed by atoms with E-state index in [9.17, 15) is 39.6 Å². The van der Waals surface area contributed by atoms with Crippen molar-refractivity contribution >= 4 is 70.7 Å². The van der Waals surface area contributed by atoms with Crippen molar-refractivity contribution in [2.75, 3.05) is 42.5 Å². The molecule has 4 aromatic heterocycles. The van der Waals surface area contributed by atoms with E-state index >= 15 is 0 Å². The Morgan fingerprint density at radius 1 is 0.457 bits per heavy atom. The molecule has 0 saturated heterocycles. The van der Waals surface area contributed by atoms with Gasteiger partial charge in [0.2, 0.25) is 23.8 Å². The lowest BCUT2D eigenvalue weighted by molar-refractivity contribution is 0.0737. The Morgan fingerprint density at radius 2 is 0.804 bits per heavy atom. The summed E-state index contributed by atoms with van der Waals surface area (Å²) in [6.07, 6.45) is -19.8. The highest BCUT2D eigenvalue weighted by molar-refractivity contribution is 5.99. The van der Waals surface area contributed by atoms with E-state index in [1.807, 2.05) is 83.1 Å². The largest absolute Gasteiger partial charge is 0.393 e. The maximum absolute atomic E-state index is 11.8. The minimum absolute atomic E-state index is 0.0264. The summed E-state index contributed by atoms with van der Waals surface area (Å²) in [6, 6.07) is -7.91. The standard InChI is InChI=1S/4C16H27N5O2/c4*1-9-5-6-10(7-12(9)22)19-14-11(13(17)23)8-18-15(20-14)21-16(2,3)4/h4*8-10,12,22H,5-7H2,1-4H3,(H2,17,23)(H2,18,19,20,21)/i5D,6D,7D2,9D,10D;5D,6D,7D,9D,10D;6D2,9D,10D,12D;5D,6D,7D. The summed E-state index contributed by atoms with van der Waals surface area (Å²) < 4.78 is 157. The van der Waals surface area contributed by atoms with Crippen LogP contribution in [0.4, 0.5) is 47.1 Å². The van der Waals surface area contributed by atoms with E-state index in [0.717, 1.165) is 19.3 Å². The number of nitrogens with two attached hydrogens (primary N) is 4. The van der Waals surface area contributed by atoms with Gasteiger partial charge >= 0.3 is 0 Å². The molecule has 28 heteroatoms. The second-order valence-corrected chi connectivity index (χ2v) is 26.2. The van der Waals surface area contributed by atoms with Crippen molar-refractivity contribution in [1.29, 1.82) is 0 Å². The first-order chi connectivity index (χ1) is 49.9. The van der Waals surface area contributed by atoms with E-state index in [4.69, 9.17) is 49.0 Å². The molecule has 20 N–H and O–H groups in total. The van der Waals surface area contributed by atoms with Crippen molar-refractivity contribution in [3.63, 3.8) is 0 Å². The molecule has 4 aliphatic carbocycles. The molecule has 4 heterocycles. The number of primary amides is 4. The van der Waals surface area contributed by atoms with E-state index in [0.29, 0.717) is 0 Å². The summed E-state index contributed by atoms with van der Waals surface area (Å²) in [6.45, 7) is 27.8. The highest BCUT2D eigenvalue weighted by Crippen LogP contribution is 2.32. The van der Waals surface area contributed by atoms with Crippen molar-refractivity contribution in [3.8, 4) is 0 Å². The van der Waals surface area contributed by atoms with E-state index in [1.54, 1.807) is 6.92 Å². The topological polar surface area (TPSA) is 453 Å². The molecule has 28 nitrogen and oxygen atoms in total. The summed E-state index contributed by atoms with van der Waals surface area (Å²) in [5, 5.41) is 63.7. The lowest BCUT2D eigenvalue weighted by Gasteiger charge is -2.32. The molecule has 512 valence electrons. The van der Waals surface area contributed by atoms with Crippen LogP contribution in [0.25, 0.3) is 0 Å². The van der Waals surface area contributed by atoms with Crippen LogP contribution < -0.4 is 65.5 Å². The number of hydrogen-bond donors (Lipinski definition) is 16. The summed E-state index contributed by atoms with van der Waals surface area (Å²) >= 11 is 0. The van der Waals surface area contributed by atoms with Gasteiger partial charge in [0.15, 0.2) is 0 Å². The number of nitrogens with zero attached hydrogens (tertiary/aromatic N) is 8. The van der Waals surface area contributed by atoms with Crippen LogP contribution in [-0.4, -0.2) is 155 Å². The molecule has 20 atom stereocenters. The van der Waals surface area contributed by atoms with Crippen LogP contribution in [0.5, 0.6) is 0 Å². The Morgan fingerprint density at radius 3 is 1.18 bits per heavy atom. The fraction of sp³-hybridized carbons (Fsp3) is 0.688. The van der Waals surface area contributed by atoms with Crippen LogP contribution in [0, 0.1) is 23.6 Å². The third kappa shape index (κ3) is 24.8. The summed E-state index contributed by atoms with van der Waals surface area (Å²) in [7, 11) is 0. The van der Waals surface area contributed by atoms with Crippen LogP contribution in [0.2, 0.25) is 0 Å². The number of hydrogen-bond acceptors (Lipinski definition) is 24. The number of aliphatic hydroxyl groups excluding tert-OH is 3. The lowest BCUT2D eigenvalue weighted by Crippen LogP contribution is -2.36. The molecule has 0 aromatic carbocycles. The van der Waals surface area contributed by atoms with E-state index in [-0.39, 0.29) is 74.9 Å². The quantitative estimate of drug-likeness (QED) is 0.0537. The predicted molar refractivity (Wildman–Crippen MR) is 361 cm³/mol. The zero-order valence-corrected chi connectivity index (χ0v) is 55.0. The first-order valence-corrected chi connectivity index (χ1v) is 29.4. The van der Waals surface area contributed by atoms with Crippen LogP contribution in [0.1, 0.15) is 255 Å². The molecule has 4 aromatic rings. The highest BCUT2D eigenvalue weighted by Gasteiger charge is 2.32. The molecule has 0 bridgehead atoms. The van der Waals surface area contributed by atoms with E-state index in [2.05, 4.69) is 82.4 Å². The lowest BCUT2D eigenvalue weighted by atomic mass is 9.85. The van der Waals surface area contributed by atoms with Crippen LogP contribution in [-0.2, 0) is 0 Å². The fourth-order valence-electron chi connectivity index (χ4n) is 8.01. The van der Waals surface area contributed by atoms with Gasteiger partial charge in [-0.2, -0.15) is 19.9 Å². The summed E-state index contributed by atoms with van der Waals surface area (Å²) in [5.74, 6) is -9.52. The second kappa shape index (κ2) is 32.3. The van der Waals surface area contributed by atoms with Crippen molar-refractivity contribution < 1.29 is 65.6 Å². The molecule has 0 aliphatic heterocycles. The van der Waals surface area contributed by atoms with Crippen LogP contribution in [0.3, 0.4) is 0 Å². The third-order valence-electron chi connectivity index (χ3n) is 12.8. The van der Waals surface area contributed by atoms with Crippen molar-refractivity contribution in [1.82, 2.24) is 39.9 Å². The smallest absolute Gasteiger partial charge is 0.254 e. The molecule has 20 unspecified atom stereocenters. The molecular weight excluding hydrogens is 1180 g/mol. The van der Waals surface area contributed by atoms with Gasteiger partial charge in [0.25, 0.3) is 23.6 Å². The Labute approximate surface area is 569 Å². The van der Waals surface area contributed by atoms with Crippen LogP contribution >= 0.6 is 0 Å². The molecule has 8 rings (SSSR count). The number of aliphatic hydroxyl groups is 4. The molecule has 0 radical (unpaired) electrons. The average molecular weight is 1300 g/mol. The fourth-order valence-corrected chi connectivity index (χ4v) is 8.01. The Bertz CT molecular complexity index is 3890. The van der Waals surface area contributed by atoms with Gasteiger partial charge in [-0.05, 0) is 183 Å². The Hall–Kier alpha value is -7.56. The molecule has 4 amide bonds. The molecule has 0 spiro atoms. The number of aromatic nitrogens is 8. The monoisotopic (exact) mass is 1300 g/mol. The van der Waals surface area contributed by atoms with Gasteiger partial charge in [0.1, 0.15) is 23.3 Å². The first kappa shape index (κ1) is 50.9. The summed E-state index contributed by atoms with van der Waals surface area (Å²) in [5.41, 5.74) is 19.3. The van der Waals surface area contributed by atoms with E-state index < -0.39 is 189 Å². The molecule has 4 aliphatic rings. The van der Waals surface area contributed by atoms with Gasteiger partial charge < -0.3 is 85.9 Å². The minimum Gasteiger partial charge on any atom is -0.393 e. The van der Waals surface area contributed by atoms with E-state index in [1.165, 1.54) is 26.2 Å². The maximum atomic E-state index is 11.8. The van der Waals surface area contributed by atoms with Gasteiger partial charge in [-0.1, -0.05) is 27.7 Å². The molecule has 4 saturated carbocycles. The average Bonchev–Trinajstić information content (AvgIpc) is 0.733. The number of rotatable bonds is 16. The zero-order valence-electron chi connectivity index (χ0n) is 74.0. The van der Waals surface area contributed by atoms with Gasteiger partial charge in [0, 0.05) is 91.6 Å². The first-order valence-electron chi connectivity index (χ1n) is 39.5. The van der Waals surface area contributed by atoms with Gasteiger partial charge in [0.05, 0.1) is 52.1 Å². The van der Waals surface area contributed by atoms with Gasteiger partial charge in [-0.25, -0.2) is 19.9 Å². The maximum Gasteiger partial charge on any atom is 0.254 e. The Balaban J connectivity index is 0.000000265. The Kier molecular flexibility index (Phi) is 17.9. The normalized spacial score (nSPS) is 41.1. The third-order valence-corrected chi connectivity index (χ3v) is 12.8. The zero-order chi connectivity index (χ0) is 85.8. The molecular formula is C64H108N20O8. The van der Waals surface area contributed by atoms with Gasteiger partial charge in [-0.3, -0.25) is 19.2 Å². The summed E-state index contributed by atoms with van der Waals surface area (Å²) in [4.78, 5) is 79.8. The number of amides is 4. The van der Waals surface area contributed by atoms with Gasteiger partial charge in [-0.15, -0.1) is 0 Å². The number of nitrogens with one attached hydrogen (secondary N) is 8. The molecule has 92 heavy (non-hydrogen) atoms. The minimum atomic E-state index is -2.83. The van der Waals surface area contributed by atoms with Crippen LogP contribution in [0.15, 0.2) is 24.8 Å². The number of carbonyl (C=O) groups is 4. The molecule has 4 fully saturated rings. The van der Waals surface area contributed by atoms with Crippen molar-refractivity contribution in [3.05, 3.63) is 47.0 Å². The van der Waals surface area contributed by atoms with Crippen molar-refractivity contribution in [2.45, 2.75) is 258 Å². The SMILES string of the molecule is [2H]C1([2H])CC([2H])(C)C([2H])(O)CC1([2H])Nc1nc(NC(C)(C)C)ncc1C(N)=O.[2H]C1C([2H])C(Nc2nc(NC(C)(C)C)ncc2C(N)=O)C([2H])C(O)C1C.[2H]C1C([2H])C([2H])(Nc2nc(NC(C)(C)C)ncc2C(N)=O)C([2H])([2H])C(O)C1([2H])C.[2H]C1C([2H])C([2H])(Nc2nc(NC(C)(C)C)ncc2C(N)=O)C([2H])C(O)C1([2H])C. The predicted octanol–water partition coefficient (Wildman–Crippen LogP) is 6.99. The second-order valence-electron chi connectivity index (χ2n) is 26.2. The van der Waals surface area contributed by atoms with Crippen molar-refractivity contribution in [2.24, 2.45) is 46.5 Å².